The van der Waals surface area contributed by atoms with Gasteiger partial charge in [0, 0.05) is 25.7 Å². The zero-order valence-corrected chi connectivity index (χ0v) is 9.65. The Bertz CT molecular complexity index is 187. The zero-order chi connectivity index (χ0) is 11.1. The Kier molecular flexibility index (Phi) is 5.65. The van der Waals surface area contributed by atoms with E-state index in [1.165, 1.54) is 0 Å². The maximum Gasteiger partial charge on any atom is 0.293 e. The SMILES string of the molecule is CCCCOCC(CN1CC1C)OC=O. The molecule has 0 aromatic rings. The number of ether oxygens (including phenoxy) is 2. The largest absolute Gasteiger partial charge is 0.461 e. The van der Waals surface area contributed by atoms with E-state index >= 15 is 0 Å². The third kappa shape index (κ3) is 5.14. The maximum absolute atomic E-state index is 10.3. The molecule has 1 rings (SSSR count). The summed E-state index contributed by atoms with van der Waals surface area (Å²) >= 11 is 0. The van der Waals surface area contributed by atoms with E-state index in [0.717, 1.165) is 32.5 Å². The molecular weight excluding hydrogens is 194 g/mol. The standard InChI is InChI=1S/C11H21NO3/c1-3-4-5-14-8-11(15-9-13)7-12-6-10(12)2/h9-11H,3-8H2,1-2H3. The number of carbonyl (C=O) groups excluding carboxylic acids is 1. The molecular formula is C11H21NO3. The van der Waals surface area contributed by atoms with Crippen LogP contribution in [0.3, 0.4) is 0 Å². The van der Waals surface area contributed by atoms with Gasteiger partial charge in [-0.3, -0.25) is 9.69 Å². The van der Waals surface area contributed by atoms with Gasteiger partial charge in [0.1, 0.15) is 6.10 Å². The van der Waals surface area contributed by atoms with Crippen molar-refractivity contribution in [1.29, 1.82) is 0 Å². The molecule has 0 amide bonds. The van der Waals surface area contributed by atoms with E-state index in [0.29, 0.717) is 19.1 Å². The molecule has 88 valence electrons. The Hall–Kier alpha value is -0.610. The van der Waals surface area contributed by atoms with Crippen LogP contribution in [0.2, 0.25) is 0 Å². The van der Waals surface area contributed by atoms with E-state index < -0.39 is 0 Å². The highest BCUT2D eigenvalue weighted by Gasteiger charge is 2.31. The van der Waals surface area contributed by atoms with Crippen molar-refractivity contribution in [3.05, 3.63) is 0 Å². The smallest absolute Gasteiger partial charge is 0.293 e. The van der Waals surface area contributed by atoms with Gasteiger partial charge in [-0.25, -0.2) is 0 Å². The first-order valence-electron chi connectivity index (χ1n) is 5.68. The second kappa shape index (κ2) is 6.80. The van der Waals surface area contributed by atoms with E-state index in [1.807, 2.05) is 0 Å². The second-order valence-electron chi connectivity index (χ2n) is 4.09. The summed E-state index contributed by atoms with van der Waals surface area (Å²) in [5.74, 6) is 0. The van der Waals surface area contributed by atoms with Gasteiger partial charge in [-0.15, -0.1) is 0 Å². The number of rotatable bonds is 9. The van der Waals surface area contributed by atoms with Gasteiger partial charge in [-0.2, -0.15) is 0 Å². The molecule has 0 saturated carbocycles. The molecule has 0 bridgehead atoms. The van der Waals surface area contributed by atoms with Gasteiger partial charge in [0.15, 0.2) is 0 Å². The summed E-state index contributed by atoms with van der Waals surface area (Å²) in [5, 5.41) is 0. The van der Waals surface area contributed by atoms with E-state index in [4.69, 9.17) is 9.47 Å². The van der Waals surface area contributed by atoms with Crippen LogP contribution in [0.15, 0.2) is 0 Å². The van der Waals surface area contributed by atoms with Crippen LogP contribution >= 0.6 is 0 Å². The average molecular weight is 215 g/mol. The number of hydrogen-bond acceptors (Lipinski definition) is 4. The van der Waals surface area contributed by atoms with Gasteiger partial charge in [0.25, 0.3) is 6.47 Å². The molecule has 1 aliphatic heterocycles. The van der Waals surface area contributed by atoms with Crippen molar-refractivity contribution in [3.8, 4) is 0 Å². The molecule has 3 atom stereocenters. The Balaban J connectivity index is 2.09. The summed E-state index contributed by atoms with van der Waals surface area (Å²) in [6, 6.07) is 0.637. The minimum absolute atomic E-state index is 0.107. The van der Waals surface area contributed by atoms with Crippen molar-refractivity contribution >= 4 is 6.47 Å². The van der Waals surface area contributed by atoms with Gasteiger partial charge in [0.05, 0.1) is 6.61 Å². The molecule has 0 aliphatic carbocycles. The van der Waals surface area contributed by atoms with Crippen LogP contribution in [0.1, 0.15) is 26.7 Å². The zero-order valence-electron chi connectivity index (χ0n) is 9.65. The molecule has 1 heterocycles. The van der Waals surface area contributed by atoms with Crippen LogP contribution in [-0.2, 0) is 14.3 Å². The third-order valence-corrected chi connectivity index (χ3v) is 2.62. The van der Waals surface area contributed by atoms with E-state index in [-0.39, 0.29) is 6.10 Å². The predicted molar refractivity (Wildman–Crippen MR) is 57.7 cm³/mol. The van der Waals surface area contributed by atoms with E-state index in [2.05, 4.69) is 18.7 Å². The number of hydrogen-bond donors (Lipinski definition) is 0. The third-order valence-electron chi connectivity index (χ3n) is 2.62. The summed E-state index contributed by atoms with van der Waals surface area (Å²) in [4.78, 5) is 12.6. The van der Waals surface area contributed by atoms with E-state index in [1.54, 1.807) is 0 Å². The Morgan fingerprint density at radius 1 is 1.60 bits per heavy atom. The highest BCUT2D eigenvalue weighted by Crippen LogP contribution is 2.16. The number of unbranched alkanes of at least 4 members (excludes halogenated alkanes) is 1. The average Bonchev–Trinajstić information content (AvgIpc) is 2.89. The van der Waals surface area contributed by atoms with Crippen molar-refractivity contribution in [2.45, 2.75) is 38.8 Å². The molecule has 15 heavy (non-hydrogen) atoms. The van der Waals surface area contributed by atoms with Gasteiger partial charge < -0.3 is 9.47 Å². The van der Waals surface area contributed by atoms with Crippen LogP contribution in [0.4, 0.5) is 0 Å². The van der Waals surface area contributed by atoms with E-state index in [9.17, 15) is 4.79 Å². The quantitative estimate of drug-likeness (QED) is 0.327. The molecule has 0 aromatic heterocycles. The van der Waals surface area contributed by atoms with Crippen molar-refractivity contribution < 1.29 is 14.3 Å². The minimum Gasteiger partial charge on any atom is -0.461 e. The number of nitrogens with zero attached hydrogens (tertiary/aromatic N) is 1. The fraction of sp³-hybridized carbons (Fsp3) is 0.909. The second-order valence-corrected chi connectivity index (χ2v) is 4.09. The molecule has 1 aliphatic rings. The van der Waals surface area contributed by atoms with Crippen molar-refractivity contribution in [2.24, 2.45) is 0 Å². The first-order chi connectivity index (χ1) is 7.27. The summed E-state index contributed by atoms with van der Waals surface area (Å²) in [5.41, 5.74) is 0. The van der Waals surface area contributed by atoms with Crippen molar-refractivity contribution in [2.75, 3.05) is 26.3 Å². The summed E-state index contributed by atoms with van der Waals surface area (Å²) in [6.45, 7) is 7.98. The maximum atomic E-state index is 10.3. The van der Waals surface area contributed by atoms with Crippen LogP contribution in [0.25, 0.3) is 0 Å². The lowest BCUT2D eigenvalue weighted by molar-refractivity contribution is -0.137. The normalized spacial score (nSPS) is 26.0. The minimum atomic E-state index is -0.107. The van der Waals surface area contributed by atoms with Crippen LogP contribution < -0.4 is 0 Å². The Morgan fingerprint density at radius 3 is 2.87 bits per heavy atom. The molecule has 4 heteroatoms. The monoisotopic (exact) mass is 215 g/mol. The molecule has 4 nitrogen and oxygen atoms in total. The molecule has 0 radical (unpaired) electrons. The number of carbonyl (C=O) groups is 1. The lowest BCUT2D eigenvalue weighted by Crippen LogP contribution is -2.28. The molecule has 0 spiro atoms. The lowest BCUT2D eigenvalue weighted by atomic mass is 10.3. The molecule has 1 fully saturated rings. The van der Waals surface area contributed by atoms with Crippen LogP contribution in [0.5, 0.6) is 0 Å². The fourth-order valence-electron chi connectivity index (χ4n) is 1.48. The topological polar surface area (TPSA) is 38.5 Å². The van der Waals surface area contributed by atoms with Gasteiger partial charge in [-0.05, 0) is 13.3 Å². The Morgan fingerprint density at radius 2 is 2.33 bits per heavy atom. The van der Waals surface area contributed by atoms with Gasteiger partial charge in [-0.1, -0.05) is 13.3 Å². The molecule has 0 aromatic carbocycles. The Labute approximate surface area is 91.5 Å². The van der Waals surface area contributed by atoms with Crippen LogP contribution in [-0.4, -0.2) is 49.8 Å². The lowest BCUT2D eigenvalue weighted by Gasteiger charge is -2.15. The molecule has 0 N–H and O–H groups in total. The highest BCUT2D eigenvalue weighted by molar-refractivity contribution is 5.37. The first kappa shape index (κ1) is 12.5. The molecule has 3 unspecified atom stereocenters. The summed E-state index contributed by atoms with van der Waals surface area (Å²) < 4.78 is 10.4. The summed E-state index contributed by atoms with van der Waals surface area (Å²) in [6.07, 6.45) is 2.08. The van der Waals surface area contributed by atoms with Gasteiger partial charge in [0.2, 0.25) is 0 Å². The van der Waals surface area contributed by atoms with Crippen LogP contribution in [0, 0.1) is 0 Å². The summed E-state index contributed by atoms with van der Waals surface area (Å²) in [7, 11) is 0. The van der Waals surface area contributed by atoms with Crippen molar-refractivity contribution in [1.82, 2.24) is 4.90 Å². The highest BCUT2D eigenvalue weighted by atomic mass is 16.6. The predicted octanol–water partition coefficient (Wildman–Crippen LogP) is 1.05. The molecule has 1 saturated heterocycles. The fourth-order valence-corrected chi connectivity index (χ4v) is 1.48. The first-order valence-corrected chi connectivity index (χ1v) is 5.68. The van der Waals surface area contributed by atoms with Crippen molar-refractivity contribution in [3.63, 3.8) is 0 Å². The van der Waals surface area contributed by atoms with Gasteiger partial charge >= 0.3 is 0 Å².